The van der Waals surface area contributed by atoms with Gasteiger partial charge in [0, 0.05) is 0 Å². The molecule has 0 aliphatic carbocycles. The van der Waals surface area contributed by atoms with Gasteiger partial charge in [0.25, 0.3) is 5.56 Å². The Kier molecular flexibility index (Phi) is 5.49. The lowest BCUT2D eigenvalue weighted by Gasteiger charge is -2.42. The molecule has 2 aromatic heterocycles. The number of aliphatic hydroxyl groups excluding tert-OH is 2. The van der Waals surface area contributed by atoms with E-state index in [-0.39, 0.29) is 11.2 Å². The van der Waals surface area contributed by atoms with Gasteiger partial charge in [-0.25, -0.2) is 9.97 Å². The summed E-state index contributed by atoms with van der Waals surface area (Å²) in [6.45, 7) is -0.775. The Balaban J connectivity index is 1.75. The number of hydrogen-bond donors (Lipinski definition) is 4. The summed E-state index contributed by atoms with van der Waals surface area (Å²) in [6.07, 6.45) is -3.45. The van der Waals surface area contributed by atoms with Crippen molar-refractivity contribution in [1.82, 2.24) is 19.5 Å². The molecule has 1 aliphatic heterocycles. The topological polar surface area (TPSA) is 229 Å². The van der Waals surface area contributed by atoms with Crippen molar-refractivity contribution in [3.05, 3.63) is 23.0 Å². The standard InChI is InChI=1S/C11H16N4O10P2/c16-7-5(1-24-27(22,23)4-26(19,20)21)25-11(8(7)17)15-3-14-6-9(15)12-2-13-10(6)18/h2-3,5,7-8,11,16-17H,1,4H2,(H,22,23)(H,12,13,18)(H2,19,20,21)/p-2/t5-,7-,8-,11-/m1/s1. The zero-order chi connectivity index (χ0) is 20.0. The average Bonchev–Trinajstić information content (AvgIpc) is 3.07. The Labute approximate surface area is 150 Å². The molecule has 4 N–H and O–H groups in total. The van der Waals surface area contributed by atoms with Crippen LogP contribution in [0.4, 0.5) is 0 Å². The molecule has 0 bridgehead atoms. The lowest BCUT2D eigenvalue weighted by atomic mass is 10.1. The number of aromatic nitrogens is 4. The van der Waals surface area contributed by atoms with Crippen molar-refractivity contribution in [2.75, 3.05) is 12.5 Å². The molecule has 2 aromatic rings. The quantitative estimate of drug-likeness (QED) is 0.323. The molecule has 1 aliphatic rings. The maximum atomic E-state index is 11.7. The molecular formula is C11H14N4O10P2-2. The average molecular weight is 424 g/mol. The SMILES string of the molecule is O=c1[nH]cnc2c1ncn2[C@@H]1O[C@H](COP(=O)(O)C[P+]([O-])([O-])[O-])[C@@H](O)[C@H]1O. The number of aromatic amines is 1. The molecule has 3 heterocycles. The van der Waals surface area contributed by atoms with Crippen LogP contribution >= 0.6 is 15.5 Å². The zero-order valence-electron chi connectivity index (χ0n) is 13.3. The second kappa shape index (κ2) is 7.26. The predicted molar refractivity (Wildman–Crippen MR) is 81.6 cm³/mol. The van der Waals surface area contributed by atoms with Gasteiger partial charge in [-0.2, -0.15) is 7.94 Å². The number of fused-ring (bicyclic) bond motifs is 1. The first-order valence-electron chi connectivity index (χ1n) is 7.38. The monoisotopic (exact) mass is 424 g/mol. The highest BCUT2D eigenvalue weighted by atomic mass is 31.3. The van der Waals surface area contributed by atoms with Gasteiger partial charge in [0.15, 0.2) is 17.4 Å². The lowest BCUT2D eigenvalue weighted by Crippen LogP contribution is -2.36. The second-order valence-electron chi connectivity index (χ2n) is 5.79. The van der Waals surface area contributed by atoms with Crippen LogP contribution in [0.5, 0.6) is 0 Å². The largest absolute Gasteiger partial charge is 0.687 e. The summed E-state index contributed by atoms with van der Waals surface area (Å²) < 4.78 is 22.7. The van der Waals surface area contributed by atoms with E-state index in [1.54, 1.807) is 0 Å². The number of imidazole rings is 1. The van der Waals surface area contributed by atoms with Crippen LogP contribution in [0.1, 0.15) is 6.23 Å². The highest BCUT2D eigenvalue weighted by molar-refractivity contribution is 7.71. The third kappa shape index (κ3) is 4.41. The Hall–Kier alpha value is -1.31. The molecule has 0 amide bonds. The minimum Gasteiger partial charge on any atom is -0.687 e. The van der Waals surface area contributed by atoms with Crippen molar-refractivity contribution in [1.29, 1.82) is 0 Å². The molecule has 27 heavy (non-hydrogen) atoms. The van der Waals surface area contributed by atoms with Crippen LogP contribution < -0.4 is 20.2 Å². The summed E-state index contributed by atoms with van der Waals surface area (Å²) in [7, 11) is -10.1. The van der Waals surface area contributed by atoms with Gasteiger partial charge in [0.1, 0.15) is 24.2 Å². The lowest BCUT2D eigenvalue weighted by molar-refractivity contribution is -0.426. The van der Waals surface area contributed by atoms with Crippen molar-refractivity contribution < 1.29 is 43.6 Å². The molecule has 16 heteroatoms. The second-order valence-corrected chi connectivity index (χ2v) is 9.67. The van der Waals surface area contributed by atoms with Crippen LogP contribution in [0.25, 0.3) is 11.2 Å². The van der Waals surface area contributed by atoms with Gasteiger partial charge in [-0.1, -0.05) is 0 Å². The Morgan fingerprint density at radius 3 is 2.70 bits per heavy atom. The number of nitrogens with one attached hydrogen (secondary N) is 1. The molecule has 1 saturated heterocycles. The van der Waals surface area contributed by atoms with Crippen molar-refractivity contribution in [3.63, 3.8) is 0 Å². The van der Waals surface area contributed by atoms with Crippen LogP contribution in [0.3, 0.4) is 0 Å². The predicted octanol–water partition coefficient (Wildman–Crippen LogP) is -4.26. The van der Waals surface area contributed by atoms with Crippen LogP contribution in [-0.4, -0.2) is 65.4 Å². The van der Waals surface area contributed by atoms with Crippen LogP contribution in [0.2, 0.25) is 0 Å². The van der Waals surface area contributed by atoms with Gasteiger partial charge in [-0.05, 0) is 0 Å². The fourth-order valence-corrected chi connectivity index (χ4v) is 5.05. The number of hydrogen-bond acceptors (Lipinski definition) is 11. The van der Waals surface area contributed by atoms with Crippen molar-refractivity contribution in [2.45, 2.75) is 24.5 Å². The molecule has 1 unspecified atom stereocenters. The van der Waals surface area contributed by atoms with E-state index in [0.29, 0.717) is 0 Å². The van der Waals surface area contributed by atoms with E-state index in [9.17, 15) is 39.1 Å². The van der Waals surface area contributed by atoms with E-state index in [4.69, 9.17) is 4.74 Å². The van der Waals surface area contributed by atoms with E-state index in [2.05, 4.69) is 19.5 Å². The third-order valence-corrected chi connectivity index (χ3v) is 7.14. The van der Waals surface area contributed by atoms with Gasteiger partial charge in [-0.15, -0.1) is 0 Å². The maximum absolute atomic E-state index is 11.7. The van der Waals surface area contributed by atoms with Crippen molar-refractivity contribution in [2.24, 2.45) is 0 Å². The first-order chi connectivity index (χ1) is 12.5. The van der Waals surface area contributed by atoms with Crippen LogP contribution in [-0.2, 0) is 13.8 Å². The third-order valence-electron chi connectivity index (χ3n) is 3.77. The summed E-state index contributed by atoms with van der Waals surface area (Å²) in [5.74, 6) is -1.62. The molecule has 14 nitrogen and oxygen atoms in total. The van der Waals surface area contributed by atoms with E-state index in [0.717, 1.165) is 12.7 Å². The summed E-state index contributed by atoms with van der Waals surface area (Å²) in [5, 5.41) is 20.2. The molecule has 0 aromatic carbocycles. The van der Waals surface area contributed by atoms with Crippen molar-refractivity contribution >= 4 is 26.7 Å². The Morgan fingerprint density at radius 1 is 1.33 bits per heavy atom. The minimum atomic E-state index is -5.30. The highest BCUT2D eigenvalue weighted by Gasteiger charge is 2.45. The van der Waals surface area contributed by atoms with Gasteiger partial charge in [0.05, 0.1) is 19.3 Å². The summed E-state index contributed by atoms with van der Waals surface area (Å²) in [4.78, 5) is 63.0. The smallest absolute Gasteiger partial charge is 0.363 e. The Bertz CT molecular complexity index is 926. The molecule has 3 rings (SSSR count). The van der Waals surface area contributed by atoms with E-state index in [1.807, 2.05) is 0 Å². The van der Waals surface area contributed by atoms with E-state index in [1.165, 1.54) is 4.57 Å². The summed E-state index contributed by atoms with van der Waals surface area (Å²) >= 11 is 0. The van der Waals surface area contributed by atoms with E-state index < -0.39 is 58.1 Å². The van der Waals surface area contributed by atoms with Crippen LogP contribution in [0.15, 0.2) is 17.4 Å². The fraction of sp³-hybridized carbons (Fsp3) is 0.545. The number of ether oxygens (including phenoxy) is 1. The summed E-state index contributed by atoms with van der Waals surface area (Å²) in [5.41, 5.74) is -0.514. The first kappa shape index (κ1) is 20.4. The number of nitrogens with zero attached hydrogens (tertiary/aromatic N) is 3. The zero-order valence-corrected chi connectivity index (χ0v) is 15.1. The number of rotatable bonds is 6. The van der Waals surface area contributed by atoms with Gasteiger partial charge in [0.2, 0.25) is 0 Å². The van der Waals surface area contributed by atoms with Crippen LogP contribution in [0, 0.1) is 0 Å². The normalized spacial score (nSPS) is 28.5. The molecule has 0 radical (unpaired) electrons. The Morgan fingerprint density at radius 2 is 2.04 bits per heavy atom. The molecule has 5 atom stereocenters. The first-order valence-corrected chi connectivity index (χ1v) is 10.9. The molecule has 150 valence electrons. The van der Waals surface area contributed by atoms with Gasteiger partial charge < -0.3 is 44.0 Å². The van der Waals surface area contributed by atoms with Crippen molar-refractivity contribution in [3.8, 4) is 0 Å². The molecule has 1 fully saturated rings. The minimum absolute atomic E-state index is 0.0380. The van der Waals surface area contributed by atoms with E-state index >= 15 is 0 Å². The highest BCUT2D eigenvalue weighted by Crippen LogP contribution is 2.53. The van der Waals surface area contributed by atoms with Gasteiger partial charge in [-0.3, -0.25) is 13.9 Å². The molecular weight excluding hydrogens is 410 g/mol. The maximum Gasteiger partial charge on any atom is 0.363 e. The number of H-pyrrole nitrogens is 1. The molecule has 0 saturated carbocycles. The summed E-state index contributed by atoms with van der Waals surface area (Å²) in [6, 6.07) is 0. The fourth-order valence-electron chi connectivity index (χ4n) is 2.60. The van der Waals surface area contributed by atoms with Gasteiger partial charge >= 0.3 is 7.60 Å². The molecule has 0 spiro atoms. The number of aliphatic hydroxyl groups is 2.